The summed E-state index contributed by atoms with van der Waals surface area (Å²) >= 11 is 0. The number of hydrogen-bond acceptors (Lipinski definition) is 4. The molecule has 0 aromatic rings. The third-order valence-electron chi connectivity index (χ3n) is 15.8. The van der Waals surface area contributed by atoms with Crippen LogP contribution in [0.1, 0.15) is 257 Å². The Morgan fingerprint density at radius 3 is 0.780 bits per heavy atom. The first-order chi connectivity index (χ1) is 27.3. The number of nitrogens with zero attached hydrogens (tertiary/aromatic N) is 2. The first kappa shape index (κ1) is 65.5. The van der Waals surface area contributed by atoms with Gasteiger partial charge in [0, 0.05) is 7.81 Å². The van der Waals surface area contributed by atoms with Crippen LogP contribution < -0.4 is 0 Å². The Hall–Kier alpha value is -0.0951. The molecule has 0 radical (unpaired) electrons. The average molecular weight is 843 g/mol. The molecule has 2 N–H and O–H groups in total. The van der Waals surface area contributed by atoms with Gasteiger partial charge in [-0.15, -0.1) is 0 Å². The fourth-order valence-electron chi connectivity index (χ4n) is 13.7. The molecule has 0 aliphatic heterocycles. The van der Waals surface area contributed by atoms with Crippen molar-refractivity contribution in [2.24, 2.45) is 58.2 Å². The molecule has 2 spiro atoms. The molecule has 59 heavy (non-hydrogen) atoms. The fraction of sp³-hybridized carbons (Fsp3) is 1.00. The predicted octanol–water partition coefficient (Wildman–Crippen LogP) is 16.8. The van der Waals surface area contributed by atoms with E-state index in [-0.39, 0.29) is 29.7 Å². The lowest BCUT2D eigenvalue weighted by Crippen LogP contribution is -2.53. The van der Waals surface area contributed by atoms with Gasteiger partial charge in [-0.25, -0.2) is 0 Å². The van der Waals surface area contributed by atoms with Crippen LogP contribution in [0, 0.1) is 58.2 Å². The minimum Gasteiger partial charge on any atom is -0.426 e. The molecule has 4 nitrogen and oxygen atoms in total. The van der Waals surface area contributed by atoms with Crippen molar-refractivity contribution in [3.63, 3.8) is 0 Å². The van der Waals surface area contributed by atoms with Gasteiger partial charge in [-0.05, 0) is 181 Å². The zero-order valence-corrected chi connectivity index (χ0v) is 40.4. The molecule has 362 valence electrons. The molecule has 0 amide bonds. The standard InChI is InChI=1S/2C15H24.C6H15N.C5H14BNO2.4C2H6.5CH4/c2*1-2-4-15(5-3-1)13-7-11-6-12(9-13)10-14(15)8-11;1-4-7(5-2)6-3;1-3-7(4-2)5-6(8)9;4*1-2;;;;;/h2*11-14H,1-10H2;4-6H2,1-3H3;8-9H,3-5H2,1-2H3;4*1-2H3;5*1H4/i;;;;;;;;1T;;;;. The minimum atomic E-state index is -1.19. The molecule has 10 aliphatic rings. The molecule has 0 atom stereocenters. The summed E-state index contributed by atoms with van der Waals surface area (Å²) in [5.41, 5.74) is 1.76. The van der Waals surface area contributed by atoms with E-state index in [4.69, 9.17) is 11.4 Å². The van der Waals surface area contributed by atoms with E-state index in [1.165, 1.54) is 87.2 Å². The Kier molecular flexibility index (Phi) is 41.4. The average Bonchev–Trinajstić information content (AvgIpc) is 3.26. The van der Waals surface area contributed by atoms with Crippen LogP contribution in [0.2, 0.25) is 0 Å². The lowest BCUT2D eigenvalue weighted by Gasteiger charge is -2.63. The Labute approximate surface area is 380 Å². The van der Waals surface area contributed by atoms with Crippen LogP contribution in [0.25, 0.3) is 0 Å². The Bertz CT molecular complexity index is 761. The van der Waals surface area contributed by atoms with Crippen molar-refractivity contribution in [1.82, 2.24) is 9.80 Å². The molecule has 5 heteroatoms. The van der Waals surface area contributed by atoms with Crippen molar-refractivity contribution < 1.29 is 11.4 Å². The maximum Gasteiger partial charge on any atom is 0.466 e. The molecule has 0 aromatic heterocycles. The molecule has 10 rings (SSSR count). The van der Waals surface area contributed by atoms with Crippen molar-refractivity contribution in [2.45, 2.75) is 256 Å². The van der Waals surface area contributed by atoms with E-state index < -0.39 is 7.12 Å². The van der Waals surface area contributed by atoms with Gasteiger partial charge in [0.1, 0.15) is 0 Å². The highest BCUT2D eigenvalue weighted by molar-refractivity contribution is 6.41. The second-order valence-corrected chi connectivity index (χ2v) is 17.8. The second-order valence-electron chi connectivity index (χ2n) is 17.8. The van der Waals surface area contributed by atoms with Gasteiger partial charge < -0.3 is 19.8 Å². The van der Waals surface area contributed by atoms with Crippen LogP contribution in [-0.2, 0) is 0 Å². The molecular weight excluding hydrogens is 719 g/mol. The Morgan fingerprint density at radius 1 is 0.407 bits per heavy atom. The molecule has 0 saturated heterocycles. The summed E-state index contributed by atoms with van der Waals surface area (Å²) in [4.78, 5) is 4.32. The highest BCUT2D eigenvalue weighted by Crippen LogP contribution is 2.67. The lowest BCUT2D eigenvalue weighted by atomic mass is 9.42. The van der Waals surface area contributed by atoms with E-state index in [0.717, 1.165) is 23.9 Å². The summed E-state index contributed by atoms with van der Waals surface area (Å²) in [5.74, 6) is 9.37. The lowest BCUT2D eigenvalue weighted by molar-refractivity contribution is -0.126. The van der Waals surface area contributed by atoms with Gasteiger partial charge in [0.05, 0.1) is 0 Å². The van der Waals surface area contributed by atoms with Gasteiger partial charge in [-0.2, -0.15) is 0 Å². The number of rotatable bonds is 7. The Balaban J connectivity index is -0.000000212. The fourth-order valence-corrected chi connectivity index (χ4v) is 13.7. The van der Waals surface area contributed by atoms with E-state index in [9.17, 15) is 0 Å². The van der Waals surface area contributed by atoms with Gasteiger partial charge in [-0.1, -0.05) is 166 Å². The van der Waals surface area contributed by atoms with E-state index in [1.807, 2.05) is 74.1 Å². The Morgan fingerprint density at radius 2 is 0.627 bits per heavy atom. The van der Waals surface area contributed by atoms with Crippen LogP contribution >= 0.6 is 0 Å². The van der Waals surface area contributed by atoms with Crippen LogP contribution in [0.3, 0.4) is 0 Å². The van der Waals surface area contributed by atoms with Crippen LogP contribution in [0.4, 0.5) is 0 Å². The second kappa shape index (κ2) is 37.3. The zero-order chi connectivity index (χ0) is 42.7. The molecule has 0 unspecified atom stereocenters. The molecule has 0 aromatic carbocycles. The zero-order valence-electron chi connectivity index (χ0n) is 41.4. The molecule has 10 aliphatic carbocycles. The van der Waals surface area contributed by atoms with Gasteiger partial charge in [0.25, 0.3) is 0 Å². The van der Waals surface area contributed by atoms with Gasteiger partial charge in [0.2, 0.25) is 0 Å². The summed E-state index contributed by atoms with van der Waals surface area (Å²) in [6, 6.07) is 0. The third-order valence-corrected chi connectivity index (χ3v) is 15.8. The molecule has 8 bridgehead atoms. The number of hydrogen-bond donors (Lipinski definition) is 2. The maximum absolute atomic E-state index is 8.50. The van der Waals surface area contributed by atoms with E-state index in [1.54, 1.807) is 116 Å². The highest BCUT2D eigenvalue weighted by Gasteiger charge is 2.57. The molecule has 10 fully saturated rings. The van der Waals surface area contributed by atoms with Crippen molar-refractivity contribution in [2.75, 3.05) is 39.2 Å². The quantitative estimate of drug-likeness (QED) is 0.251. The summed E-state index contributed by atoms with van der Waals surface area (Å²) in [5, 5.41) is 17.0. The topological polar surface area (TPSA) is 46.9 Å². The highest BCUT2D eigenvalue weighted by atomic mass is 16.4. The van der Waals surface area contributed by atoms with Gasteiger partial charge >= 0.3 is 7.12 Å². The first-order valence-corrected chi connectivity index (χ1v) is 25.1. The first-order valence-electron chi connectivity index (χ1n) is 26.1. The SMILES string of the molecule is C.C.C.C.C1CCC2(CC1)C1CC3CC(C1)CC2C3.C1CCC2(CC1)C1CC3CC(C1)CC2C3.CC.CC.CC.CC.CCN(CC)CB(O)O.CCN(CC)CC.[3H]C. The predicted molar refractivity (Wildman–Crippen MR) is 276 cm³/mol. The van der Waals surface area contributed by atoms with Crippen molar-refractivity contribution >= 4 is 7.12 Å². The van der Waals surface area contributed by atoms with E-state index in [0.29, 0.717) is 6.44 Å². The van der Waals surface area contributed by atoms with Crippen molar-refractivity contribution in [3.8, 4) is 0 Å². The largest absolute Gasteiger partial charge is 0.466 e. The maximum atomic E-state index is 8.50. The van der Waals surface area contributed by atoms with E-state index in [2.05, 4.69) is 25.7 Å². The van der Waals surface area contributed by atoms with Crippen molar-refractivity contribution in [3.05, 3.63) is 0 Å². The monoisotopic (exact) mass is 843 g/mol. The normalized spacial score (nSPS) is 29.4. The molecular formula is C54H121BN2O2. The molecule has 10 saturated carbocycles. The minimum absolute atomic E-state index is 0. The van der Waals surface area contributed by atoms with Crippen LogP contribution in [0.5, 0.6) is 0 Å². The van der Waals surface area contributed by atoms with E-state index >= 15 is 0 Å². The summed E-state index contributed by atoms with van der Waals surface area (Å²) in [7, 11) is 0.0601. The van der Waals surface area contributed by atoms with Crippen LogP contribution in [0.15, 0.2) is 0 Å². The van der Waals surface area contributed by atoms with Gasteiger partial charge in [0.15, 0.2) is 0 Å². The van der Waals surface area contributed by atoms with Gasteiger partial charge in [-0.3, -0.25) is 0 Å². The summed E-state index contributed by atoms with van der Waals surface area (Å²) in [6.07, 6.45) is 32.4. The third kappa shape index (κ3) is 18.9. The summed E-state index contributed by atoms with van der Waals surface area (Å²) < 4.78 is 5.75. The smallest absolute Gasteiger partial charge is 0.426 e. The van der Waals surface area contributed by atoms with Crippen molar-refractivity contribution in [1.29, 1.82) is 0 Å². The summed E-state index contributed by atoms with van der Waals surface area (Å²) in [6.45, 7) is 31.8. The molecule has 0 heterocycles. The van der Waals surface area contributed by atoms with Crippen LogP contribution in [-0.4, -0.2) is 66.1 Å².